The summed E-state index contributed by atoms with van der Waals surface area (Å²) in [6.45, 7) is 2.14. The summed E-state index contributed by atoms with van der Waals surface area (Å²) in [7, 11) is 1.77. The second-order valence-corrected chi connectivity index (χ2v) is 5.30. The average Bonchev–Trinajstić information content (AvgIpc) is 2.83. The highest BCUT2D eigenvalue weighted by Gasteiger charge is 2.28. The third-order valence-corrected chi connectivity index (χ3v) is 3.21. The molecule has 2 heterocycles. The quantitative estimate of drug-likeness (QED) is 0.907. The molecule has 2 aromatic heterocycles. The normalized spacial score (nSPS) is 12.8. The largest absolute Gasteiger partial charge is 0.468 e. The van der Waals surface area contributed by atoms with E-state index in [9.17, 15) is 18.0 Å². The zero-order valence-corrected chi connectivity index (χ0v) is 13.4. The first kappa shape index (κ1) is 17.8. The molecular formula is C15H17F3N4O2. The van der Waals surface area contributed by atoms with Gasteiger partial charge in [0.25, 0.3) is 5.91 Å². The lowest BCUT2D eigenvalue weighted by Crippen LogP contribution is -2.28. The Morgan fingerprint density at radius 3 is 2.71 bits per heavy atom. The van der Waals surface area contributed by atoms with Gasteiger partial charge in [0.15, 0.2) is 6.61 Å². The maximum atomic E-state index is 12.2. The summed E-state index contributed by atoms with van der Waals surface area (Å²) in [4.78, 5) is 16.0. The van der Waals surface area contributed by atoms with Gasteiger partial charge >= 0.3 is 6.18 Å². The van der Waals surface area contributed by atoms with Crippen LogP contribution in [0.2, 0.25) is 0 Å². The minimum Gasteiger partial charge on any atom is -0.468 e. The molecular weight excluding hydrogens is 325 g/mol. The molecule has 2 aromatic rings. The van der Waals surface area contributed by atoms with Crippen molar-refractivity contribution in [3.63, 3.8) is 0 Å². The number of aromatic nitrogens is 3. The molecule has 0 spiro atoms. The Labute approximate surface area is 136 Å². The summed E-state index contributed by atoms with van der Waals surface area (Å²) in [5.41, 5.74) is 1.60. The highest BCUT2D eigenvalue weighted by Crippen LogP contribution is 2.18. The first-order valence-electron chi connectivity index (χ1n) is 7.13. The Morgan fingerprint density at radius 1 is 1.42 bits per heavy atom. The van der Waals surface area contributed by atoms with Crippen LogP contribution < -0.4 is 10.1 Å². The van der Waals surface area contributed by atoms with E-state index in [1.807, 2.05) is 6.92 Å². The number of halogens is 3. The van der Waals surface area contributed by atoms with E-state index in [1.165, 1.54) is 18.2 Å². The molecule has 0 unspecified atom stereocenters. The molecule has 0 aromatic carbocycles. The summed E-state index contributed by atoms with van der Waals surface area (Å²) < 4.78 is 42.7. The number of nitrogens with one attached hydrogen (secondary N) is 1. The van der Waals surface area contributed by atoms with Crippen molar-refractivity contribution in [1.82, 2.24) is 20.1 Å². The van der Waals surface area contributed by atoms with E-state index in [0.29, 0.717) is 0 Å². The van der Waals surface area contributed by atoms with Crippen molar-refractivity contribution in [2.24, 2.45) is 7.05 Å². The number of carbonyl (C=O) groups excluding carboxylic acids is 1. The van der Waals surface area contributed by atoms with Gasteiger partial charge in [-0.1, -0.05) is 6.07 Å². The van der Waals surface area contributed by atoms with Crippen LogP contribution in [-0.2, 0) is 7.05 Å². The van der Waals surface area contributed by atoms with Gasteiger partial charge in [0.1, 0.15) is 5.69 Å². The Hall–Kier alpha value is -2.58. The predicted octanol–water partition coefficient (Wildman–Crippen LogP) is 2.56. The number of ether oxygens (including phenoxy) is 1. The zero-order valence-electron chi connectivity index (χ0n) is 13.4. The molecule has 1 N–H and O–H groups in total. The van der Waals surface area contributed by atoms with Gasteiger partial charge < -0.3 is 10.1 Å². The summed E-state index contributed by atoms with van der Waals surface area (Å²) >= 11 is 0. The number of rotatable bonds is 5. The van der Waals surface area contributed by atoms with Gasteiger partial charge in [0, 0.05) is 24.9 Å². The number of carbonyl (C=O) groups is 1. The van der Waals surface area contributed by atoms with E-state index >= 15 is 0 Å². The average molecular weight is 342 g/mol. The van der Waals surface area contributed by atoms with Crippen molar-refractivity contribution in [2.75, 3.05) is 6.61 Å². The van der Waals surface area contributed by atoms with E-state index in [-0.39, 0.29) is 17.6 Å². The Balaban J connectivity index is 2.05. The topological polar surface area (TPSA) is 69.0 Å². The standard InChI is InChI=1S/C15H17F3N4O2/c1-9(11-7-22(3)21-10(11)2)19-14(23)12-5-4-6-13(20-12)24-8-15(16,17)18/h4-7,9H,8H2,1-3H3,(H,19,23)/t9-/m0/s1. The fourth-order valence-electron chi connectivity index (χ4n) is 2.17. The molecule has 1 atom stereocenters. The summed E-state index contributed by atoms with van der Waals surface area (Å²) in [5.74, 6) is -0.770. The summed E-state index contributed by atoms with van der Waals surface area (Å²) in [5, 5.41) is 6.93. The number of amides is 1. The minimum absolute atomic E-state index is 0.0249. The number of aryl methyl sites for hydroxylation is 2. The summed E-state index contributed by atoms with van der Waals surface area (Å²) in [6.07, 6.45) is -2.68. The first-order chi connectivity index (χ1) is 11.2. The molecule has 6 nitrogen and oxygen atoms in total. The molecule has 0 fully saturated rings. The van der Waals surface area contributed by atoms with Crippen LogP contribution in [0.25, 0.3) is 0 Å². The first-order valence-corrected chi connectivity index (χ1v) is 7.13. The van der Waals surface area contributed by atoms with Crippen LogP contribution >= 0.6 is 0 Å². The number of alkyl halides is 3. The van der Waals surface area contributed by atoms with Crippen LogP contribution in [0.3, 0.4) is 0 Å². The van der Waals surface area contributed by atoms with Crippen LogP contribution in [0.1, 0.15) is 34.7 Å². The van der Waals surface area contributed by atoms with Gasteiger partial charge in [-0.2, -0.15) is 18.3 Å². The van der Waals surface area contributed by atoms with E-state index < -0.39 is 18.7 Å². The van der Waals surface area contributed by atoms with Gasteiger partial charge in [0.05, 0.1) is 11.7 Å². The Morgan fingerprint density at radius 2 is 2.12 bits per heavy atom. The van der Waals surface area contributed by atoms with Gasteiger partial charge in [-0.3, -0.25) is 9.48 Å². The predicted molar refractivity (Wildman–Crippen MR) is 79.6 cm³/mol. The highest BCUT2D eigenvalue weighted by atomic mass is 19.4. The highest BCUT2D eigenvalue weighted by molar-refractivity contribution is 5.92. The molecule has 0 bridgehead atoms. The van der Waals surface area contributed by atoms with Gasteiger partial charge in [-0.15, -0.1) is 0 Å². The molecule has 2 rings (SSSR count). The van der Waals surface area contributed by atoms with Crippen molar-refractivity contribution in [2.45, 2.75) is 26.1 Å². The van der Waals surface area contributed by atoms with Crippen molar-refractivity contribution < 1.29 is 22.7 Å². The maximum Gasteiger partial charge on any atom is 0.422 e. The molecule has 0 saturated heterocycles. The van der Waals surface area contributed by atoms with Gasteiger partial charge in [-0.25, -0.2) is 4.98 Å². The molecule has 0 saturated carbocycles. The van der Waals surface area contributed by atoms with Crippen LogP contribution in [0.15, 0.2) is 24.4 Å². The number of hydrogen-bond donors (Lipinski definition) is 1. The van der Waals surface area contributed by atoms with E-state index in [0.717, 1.165) is 11.3 Å². The van der Waals surface area contributed by atoms with Gasteiger partial charge in [-0.05, 0) is 19.9 Å². The second kappa shape index (κ2) is 6.90. The Bertz CT molecular complexity index is 728. The molecule has 130 valence electrons. The van der Waals surface area contributed by atoms with Crippen LogP contribution in [0.4, 0.5) is 13.2 Å². The maximum absolute atomic E-state index is 12.2. The van der Waals surface area contributed by atoms with Crippen molar-refractivity contribution in [3.8, 4) is 5.88 Å². The lowest BCUT2D eigenvalue weighted by Gasteiger charge is -2.13. The second-order valence-electron chi connectivity index (χ2n) is 5.30. The molecule has 0 aliphatic rings. The van der Waals surface area contributed by atoms with E-state index in [1.54, 1.807) is 24.9 Å². The third-order valence-electron chi connectivity index (χ3n) is 3.21. The molecule has 1 amide bonds. The molecule has 0 aliphatic carbocycles. The number of hydrogen-bond acceptors (Lipinski definition) is 4. The van der Waals surface area contributed by atoms with Crippen molar-refractivity contribution in [1.29, 1.82) is 0 Å². The SMILES string of the molecule is Cc1nn(C)cc1[C@H](C)NC(=O)c1cccc(OCC(F)(F)F)n1. The monoisotopic (exact) mass is 342 g/mol. The fraction of sp³-hybridized carbons (Fsp3) is 0.400. The summed E-state index contributed by atoms with van der Waals surface area (Å²) in [6, 6.07) is 3.75. The molecule has 24 heavy (non-hydrogen) atoms. The third kappa shape index (κ3) is 4.71. The lowest BCUT2D eigenvalue weighted by atomic mass is 10.1. The minimum atomic E-state index is -4.47. The van der Waals surface area contributed by atoms with Crippen LogP contribution in [-0.4, -0.2) is 33.5 Å². The number of pyridine rings is 1. The zero-order chi connectivity index (χ0) is 17.9. The molecule has 0 radical (unpaired) electrons. The Kier molecular flexibility index (Phi) is 5.10. The van der Waals surface area contributed by atoms with Crippen LogP contribution in [0.5, 0.6) is 5.88 Å². The smallest absolute Gasteiger partial charge is 0.422 e. The van der Waals surface area contributed by atoms with Crippen molar-refractivity contribution >= 4 is 5.91 Å². The number of nitrogens with zero attached hydrogens (tertiary/aromatic N) is 3. The molecule has 9 heteroatoms. The van der Waals surface area contributed by atoms with Gasteiger partial charge in [0.2, 0.25) is 5.88 Å². The molecule has 0 aliphatic heterocycles. The van der Waals surface area contributed by atoms with E-state index in [4.69, 9.17) is 0 Å². The lowest BCUT2D eigenvalue weighted by molar-refractivity contribution is -0.154. The van der Waals surface area contributed by atoms with Crippen LogP contribution in [0, 0.1) is 6.92 Å². The van der Waals surface area contributed by atoms with Crippen molar-refractivity contribution in [3.05, 3.63) is 41.3 Å². The van der Waals surface area contributed by atoms with E-state index in [2.05, 4.69) is 20.1 Å². The fourth-order valence-corrected chi connectivity index (χ4v) is 2.17.